The van der Waals surface area contributed by atoms with Gasteiger partial charge in [-0.3, -0.25) is 4.98 Å². The van der Waals surface area contributed by atoms with Crippen LogP contribution in [0.1, 0.15) is 0 Å². The molecular weight excluding hydrogens is 360 g/mol. The van der Waals surface area contributed by atoms with E-state index in [1.807, 2.05) is 5.38 Å². The summed E-state index contributed by atoms with van der Waals surface area (Å²) in [7, 11) is 0. The number of halogens is 2. The molecule has 2 N–H and O–H groups in total. The van der Waals surface area contributed by atoms with Crippen LogP contribution in [0.15, 0.2) is 40.4 Å². The molecule has 0 spiro atoms. The van der Waals surface area contributed by atoms with Crippen molar-refractivity contribution in [2.75, 3.05) is 5.73 Å². The first kappa shape index (κ1) is 13.5. The van der Waals surface area contributed by atoms with Gasteiger partial charge in [-0.05, 0) is 34.1 Å². The van der Waals surface area contributed by atoms with E-state index in [4.69, 9.17) is 17.3 Å². The van der Waals surface area contributed by atoms with E-state index in [2.05, 4.69) is 30.9 Å². The largest absolute Gasteiger partial charge is 0.398 e. The number of pyridine rings is 2. The lowest BCUT2D eigenvalue weighted by Crippen LogP contribution is -1.97. The number of nitrogen functional groups attached to an aromatic ring is 1. The molecular formula is C13H8BrClN4S. The standard InChI is InChI=1S/C13H8BrClN4S/c14-11-8(16)5-10(13-17-3-4-20-13)19-12(11)9-2-1-7(15)6-18-9/h1-6H,(H2,16,19). The van der Waals surface area contributed by atoms with Crippen LogP contribution in [0.5, 0.6) is 0 Å². The summed E-state index contributed by atoms with van der Waals surface area (Å²) in [6.45, 7) is 0. The Bertz CT molecular complexity index is 744. The van der Waals surface area contributed by atoms with Crippen LogP contribution >= 0.6 is 38.9 Å². The van der Waals surface area contributed by atoms with Crippen LogP contribution in [-0.4, -0.2) is 15.0 Å². The molecule has 0 radical (unpaired) electrons. The van der Waals surface area contributed by atoms with Crippen molar-refractivity contribution in [2.24, 2.45) is 0 Å². The third-order valence-electron chi connectivity index (χ3n) is 2.61. The molecule has 3 aromatic rings. The van der Waals surface area contributed by atoms with Gasteiger partial charge in [-0.25, -0.2) is 9.97 Å². The lowest BCUT2D eigenvalue weighted by Gasteiger charge is -2.08. The van der Waals surface area contributed by atoms with Gasteiger partial charge in [-0.2, -0.15) is 0 Å². The van der Waals surface area contributed by atoms with Crippen LogP contribution in [0, 0.1) is 0 Å². The molecule has 3 aromatic heterocycles. The summed E-state index contributed by atoms with van der Waals surface area (Å²) >= 11 is 10.8. The summed E-state index contributed by atoms with van der Waals surface area (Å²) in [6, 6.07) is 5.37. The average Bonchev–Trinajstić information content (AvgIpc) is 2.97. The zero-order chi connectivity index (χ0) is 14.1. The van der Waals surface area contributed by atoms with E-state index in [0.29, 0.717) is 26.6 Å². The highest BCUT2D eigenvalue weighted by molar-refractivity contribution is 9.10. The van der Waals surface area contributed by atoms with E-state index < -0.39 is 0 Å². The monoisotopic (exact) mass is 366 g/mol. The fourth-order valence-electron chi connectivity index (χ4n) is 1.69. The van der Waals surface area contributed by atoms with Crippen LogP contribution in [0.2, 0.25) is 5.02 Å². The Kier molecular flexibility index (Phi) is 3.69. The Morgan fingerprint density at radius 1 is 1.20 bits per heavy atom. The van der Waals surface area contributed by atoms with Crippen molar-refractivity contribution in [2.45, 2.75) is 0 Å². The Balaban J connectivity index is 2.17. The van der Waals surface area contributed by atoms with Gasteiger partial charge >= 0.3 is 0 Å². The number of nitrogens with zero attached hydrogens (tertiary/aromatic N) is 3. The third-order valence-corrected chi connectivity index (χ3v) is 4.46. The van der Waals surface area contributed by atoms with E-state index in [9.17, 15) is 0 Å². The molecule has 100 valence electrons. The minimum atomic E-state index is 0.578. The van der Waals surface area contributed by atoms with Gasteiger partial charge in [-0.15, -0.1) is 11.3 Å². The van der Waals surface area contributed by atoms with Gasteiger partial charge in [0.2, 0.25) is 0 Å². The number of hydrogen-bond acceptors (Lipinski definition) is 5. The molecule has 0 atom stereocenters. The molecule has 0 aliphatic carbocycles. The zero-order valence-corrected chi connectivity index (χ0v) is 13.2. The SMILES string of the molecule is Nc1cc(-c2nccs2)nc(-c2ccc(Cl)cn2)c1Br. The molecule has 0 bridgehead atoms. The molecule has 0 aromatic carbocycles. The molecule has 4 nitrogen and oxygen atoms in total. The van der Waals surface area contributed by atoms with Gasteiger partial charge in [0.05, 0.1) is 20.9 Å². The second-order valence-electron chi connectivity index (χ2n) is 3.96. The summed E-state index contributed by atoms with van der Waals surface area (Å²) in [4.78, 5) is 13.1. The zero-order valence-electron chi connectivity index (χ0n) is 10.0. The first-order valence-electron chi connectivity index (χ1n) is 5.63. The maximum Gasteiger partial charge on any atom is 0.141 e. The number of hydrogen-bond donors (Lipinski definition) is 1. The van der Waals surface area contributed by atoms with E-state index >= 15 is 0 Å². The second kappa shape index (κ2) is 5.47. The molecule has 3 rings (SSSR count). The van der Waals surface area contributed by atoms with Crippen molar-refractivity contribution in [3.63, 3.8) is 0 Å². The summed E-state index contributed by atoms with van der Waals surface area (Å²) in [5.41, 5.74) is 8.73. The summed E-state index contributed by atoms with van der Waals surface area (Å²) < 4.78 is 0.715. The molecule has 0 aliphatic rings. The molecule has 3 heterocycles. The predicted molar refractivity (Wildman–Crippen MR) is 85.7 cm³/mol. The highest BCUT2D eigenvalue weighted by atomic mass is 79.9. The first-order valence-corrected chi connectivity index (χ1v) is 7.68. The Morgan fingerprint density at radius 2 is 2.05 bits per heavy atom. The summed E-state index contributed by atoms with van der Waals surface area (Å²) in [6.07, 6.45) is 3.32. The Labute approximate surface area is 132 Å². The molecule has 7 heteroatoms. The van der Waals surface area contributed by atoms with Gasteiger partial charge in [0, 0.05) is 17.8 Å². The third kappa shape index (κ3) is 2.54. The number of nitrogens with two attached hydrogens (primary N) is 1. The van der Waals surface area contributed by atoms with Crippen molar-refractivity contribution in [3.8, 4) is 22.1 Å². The lowest BCUT2D eigenvalue weighted by atomic mass is 10.2. The highest BCUT2D eigenvalue weighted by Gasteiger charge is 2.14. The molecule has 0 amide bonds. The van der Waals surface area contributed by atoms with Crippen molar-refractivity contribution >= 4 is 44.6 Å². The van der Waals surface area contributed by atoms with E-state index in [-0.39, 0.29) is 0 Å². The van der Waals surface area contributed by atoms with Crippen LogP contribution in [0.4, 0.5) is 5.69 Å². The average molecular weight is 368 g/mol. The van der Waals surface area contributed by atoms with E-state index in [0.717, 1.165) is 10.7 Å². The van der Waals surface area contributed by atoms with Crippen LogP contribution < -0.4 is 5.73 Å². The highest BCUT2D eigenvalue weighted by Crippen LogP contribution is 2.34. The molecule has 0 saturated heterocycles. The Morgan fingerprint density at radius 3 is 2.70 bits per heavy atom. The molecule has 0 unspecified atom stereocenters. The van der Waals surface area contributed by atoms with Gasteiger partial charge in [0.25, 0.3) is 0 Å². The summed E-state index contributed by atoms with van der Waals surface area (Å²) in [5, 5.41) is 3.29. The van der Waals surface area contributed by atoms with Crippen molar-refractivity contribution in [1.82, 2.24) is 15.0 Å². The second-order valence-corrected chi connectivity index (χ2v) is 6.08. The number of thiazole rings is 1. The minimum absolute atomic E-state index is 0.578. The maximum atomic E-state index is 6.03. The van der Waals surface area contributed by atoms with Crippen LogP contribution in [0.3, 0.4) is 0 Å². The number of aromatic nitrogens is 3. The Hall–Kier alpha value is -1.50. The lowest BCUT2D eigenvalue weighted by molar-refractivity contribution is 1.23. The minimum Gasteiger partial charge on any atom is -0.398 e. The van der Waals surface area contributed by atoms with E-state index in [1.54, 1.807) is 30.6 Å². The van der Waals surface area contributed by atoms with Crippen molar-refractivity contribution in [1.29, 1.82) is 0 Å². The fraction of sp³-hybridized carbons (Fsp3) is 0. The van der Waals surface area contributed by atoms with Crippen LogP contribution in [-0.2, 0) is 0 Å². The maximum absolute atomic E-state index is 6.03. The summed E-state index contributed by atoms with van der Waals surface area (Å²) in [5.74, 6) is 0. The van der Waals surface area contributed by atoms with Gasteiger partial charge < -0.3 is 5.73 Å². The van der Waals surface area contributed by atoms with Gasteiger partial charge in [-0.1, -0.05) is 11.6 Å². The molecule has 0 aliphatic heterocycles. The predicted octanol–water partition coefficient (Wildman–Crippen LogP) is 4.27. The van der Waals surface area contributed by atoms with Crippen molar-refractivity contribution < 1.29 is 0 Å². The molecule has 0 fully saturated rings. The molecule has 0 saturated carbocycles. The van der Waals surface area contributed by atoms with Crippen LogP contribution in [0.25, 0.3) is 22.1 Å². The van der Waals surface area contributed by atoms with Crippen molar-refractivity contribution in [3.05, 3.63) is 45.5 Å². The normalized spacial score (nSPS) is 10.7. The number of anilines is 1. The molecule has 20 heavy (non-hydrogen) atoms. The topological polar surface area (TPSA) is 64.7 Å². The smallest absolute Gasteiger partial charge is 0.141 e. The quantitative estimate of drug-likeness (QED) is 0.735. The fourth-order valence-corrected chi connectivity index (χ4v) is 2.81. The van der Waals surface area contributed by atoms with Gasteiger partial charge in [0.1, 0.15) is 16.4 Å². The van der Waals surface area contributed by atoms with E-state index in [1.165, 1.54) is 11.3 Å². The first-order chi connectivity index (χ1) is 9.65. The number of rotatable bonds is 2. The van der Waals surface area contributed by atoms with Gasteiger partial charge in [0.15, 0.2) is 0 Å².